The fraction of sp³-hybridized carbons (Fsp3) is 0.214. The Hall–Kier alpha value is -2.07. The Morgan fingerprint density at radius 1 is 1.11 bits per heavy atom. The highest BCUT2D eigenvalue weighted by Crippen LogP contribution is 2.32. The largest absolute Gasteiger partial charge is 0.490 e. The molecule has 1 N–H and O–H groups in total. The summed E-state index contributed by atoms with van der Waals surface area (Å²) in [5.41, 5.74) is 0.691. The number of para-hydroxylation sites is 2. The number of aromatic nitrogens is 1. The second kappa shape index (κ2) is 6.02. The Labute approximate surface area is 106 Å². The third-order valence-corrected chi connectivity index (χ3v) is 2.41. The minimum Gasteiger partial charge on any atom is -0.490 e. The molecule has 1 aromatic carbocycles. The zero-order chi connectivity index (χ0) is 12.8. The number of nitrogens with zero attached hydrogens (tertiary/aromatic N) is 1. The van der Waals surface area contributed by atoms with Gasteiger partial charge in [-0.2, -0.15) is 0 Å². The zero-order valence-corrected chi connectivity index (χ0v) is 10.2. The van der Waals surface area contributed by atoms with Gasteiger partial charge in [0.25, 0.3) is 0 Å². The molecule has 4 nitrogen and oxygen atoms in total. The van der Waals surface area contributed by atoms with Crippen LogP contribution in [-0.4, -0.2) is 16.7 Å². The van der Waals surface area contributed by atoms with Crippen LogP contribution in [0.15, 0.2) is 42.7 Å². The number of hydrogen-bond acceptors (Lipinski definition) is 4. The van der Waals surface area contributed by atoms with E-state index in [-0.39, 0.29) is 6.61 Å². The Morgan fingerprint density at radius 3 is 2.61 bits per heavy atom. The first-order chi connectivity index (χ1) is 8.85. The van der Waals surface area contributed by atoms with E-state index in [2.05, 4.69) is 4.98 Å². The normalized spacial score (nSPS) is 10.1. The maximum absolute atomic E-state index is 9.23. The van der Waals surface area contributed by atoms with E-state index in [1.165, 1.54) is 0 Å². The van der Waals surface area contributed by atoms with Crippen molar-refractivity contribution in [2.24, 2.45) is 0 Å². The van der Waals surface area contributed by atoms with Gasteiger partial charge in [-0.3, -0.25) is 4.98 Å². The molecule has 0 fully saturated rings. The van der Waals surface area contributed by atoms with Crippen LogP contribution in [0.5, 0.6) is 17.2 Å². The van der Waals surface area contributed by atoms with Crippen molar-refractivity contribution in [3.63, 3.8) is 0 Å². The van der Waals surface area contributed by atoms with Crippen molar-refractivity contribution in [1.29, 1.82) is 0 Å². The number of ether oxygens (including phenoxy) is 2. The van der Waals surface area contributed by atoms with E-state index in [9.17, 15) is 5.11 Å². The van der Waals surface area contributed by atoms with E-state index in [4.69, 9.17) is 9.47 Å². The fourth-order valence-corrected chi connectivity index (χ4v) is 1.56. The molecule has 1 aromatic heterocycles. The maximum Gasteiger partial charge on any atom is 0.169 e. The second-order valence-corrected chi connectivity index (χ2v) is 3.62. The molecule has 0 saturated carbocycles. The lowest BCUT2D eigenvalue weighted by Crippen LogP contribution is -1.97. The summed E-state index contributed by atoms with van der Waals surface area (Å²) < 4.78 is 11.2. The lowest BCUT2D eigenvalue weighted by atomic mass is 10.2. The van der Waals surface area contributed by atoms with Crippen molar-refractivity contribution >= 4 is 0 Å². The Bertz CT molecular complexity index is 514. The number of aliphatic hydroxyl groups is 1. The molecule has 2 aromatic rings. The maximum atomic E-state index is 9.23. The molecular formula is C14H15NO3. The van der Waals surface area contributed by atoms with Gasteiger partial charge in [-0.1, -0.05) is 12.1 Å². The van der Waals surface area contributed by atoms with Gasteiger partial charge in [-0.15, -0.1) is 0 Å². The molecule has 0 spiro atoms. The molecule has 1 heterocycles. The molecule has 0 amide bonds. The zero-order valence-electron chi connectivity index (χ0n) is 10.2. The van der Waals surface area contributed by atoms with E-state index < -0.39 is 0 Å². The van der Waals surface area contributed by atoms with Gasteiger partial charge in [0.2, 0.25) is 0 Å². The third kappa shape index (κ3) is 2.78. The minimum atomic E-state index is -0.0886. The van der Waals surface area contributed by atoms with Gasteiger partial charge in [0.15, 0.2) is 17.2 Å². The summed E-state index contributed by atoms with van der Waals surface area (Å²) >= 11 is 0. The van der Waals surface area contributed by atoms with Gasteiger partial charge in [-0.05, 0) is 25.1 Å². The highest BCUT2D eigenvalue weighted by molar-refractivity contribution is 5.43. The predicted octanol–water partition coefficient (Wildman–Crippen LogP) is 2.76. The van der Waals surface area contributed by atoms with Crippen LogP contribution in [0.25, 0.3) is 0 Å². The van der Waals surface area contributed by atoms with E-state index in [0.29, 0.717) is 29.4 Å². The molecule has 94 valence electrons. The summed E-state index contributed by atoms with van der Waals surface area (Å²) in [5, 5.41) is 9.23. The molecule has 2 rings (SSSR count). The SMILES string of the molecule is CCOc1ccccc1Oc1cnccc1CO. The van der Waals surface area contributed by atoms with Gasteiger partial charge >= 0.3 is 0 Å². The minimum absolute atomic E-state index is 0.0886. The van der Waals surface area contributed by atoms with Crippen LogP contribution < -0.4 is 9.47 Å². The molecule has 0 aliphatic carbocycles. The number of rotatable bonds is 5. The number of benzene rings is 1. The van der Waals surface area contributed by atoms with E-state index in [0.717, 1.165) is 0 Å². The summed E-state index contributed by atoms with van der Waals surface area (Å²) in [6, 6.07) is 9.13. The average molecular weight is 245 g/mol. The summed E-state index contributed by atoms with van der Waals surface area (Å²) in [4.78, 5) is 3.99. The summed E-state index contributed by atoms with van der Waals surface area (Å²) in [5.74, 6) is 1.82. The highest BCUT2D eigenvalue weighted by Gasteiger charge is 2.08. The van der Waals surface area contributed by atoms with Crippen LogP contribution in [0.3, 0.4) is 0 Å². The number of pyridine rings is 1. The smallest absolute Gasteiger partial charge is 0.169 e. The topological polar surface area (TPSA) is 51.6 Å². The first-order valence-corrected chi connectivity index (χ1v) is 5.78. The highest BCUT2D eigenvalue weighted by atomic mass is 16.5. The first-order valence-electron chi connectivity index (χ1n) is 5.78. The molecule has 4 heteroatoms. The lowest BCUT2D eigenvalue weighted by molar-refractivity contribution is 0.274. The molecule has 18 heavy (non-hydrogen) atoms. The van der Waals surface area contributed by atoms with Gasteiger partial charge < -0.3 is 14.6 Å². The van der Waals surface area contributed by atoms with Crippen LogP contribution in [0.1, 0.15) is 12.5 Å². The lowest BCUT2D eigenvalue weighted by Gasteiger charge is -2.12. The van der Waals surface area contributed by atoms with Crippen LogP contribution in [0.4, 0.5) is 0 Å². The Balaban J connectivity index is 2.28. The average Bonchev–Trinajstić information content (AvgIpc) is 2.42. The van der Waals surface area contributed by atoms with Crippen molar-refractivity contribution in [3.8, 4) is 17.2 Å². The van der Waals surface area contributed by atoms with Crippen molar-refractivity contribution in [3.05, 3.63) is 48.3 Å². The van der Waals surface area contributed by atoms with Gasteiger partial charge in [-0.25, -0.2) is 0 Å². The van der Waals surface area contributed by atoms with Crippen LogP contribution in [0, 0.1) is 0 Å². The van der Waals surface area contributed by atoms with Crippen LogP contribution in [0.2, 0.25) is 0 Å². The van der Waals surface area contributed by atoms with Crippen molar-refractivity contribution in [1.82, 2.24) is 4.98 Å². The van der Waals surface area contributed by atoms with Gasteiger partial charge in [0.1, 0.15) is 0 Å². The summed E-state index contributed by atoms with van der Waals surface area (Å²) in [6.45, 7) is 2.40. The predicted molar refractivity (Wildman–Crippen MR) is 67.8 cm³/mol. The van der Waals surface area contributed by atoms with E-state index in [1.54, 1.807) is 18.5 Å². The molecule has 0 aliphatic heterocycles. The Morgan fingerprint density at radius 2 is 1.89 bits per heavy atom. The van der Waals surface area contributed by atoms with Crippen molar-refractivity contribution < 1.29 is 14.6 Å². The van der Waals surface area contributed by atoms with Gasteiger partial charge in [0.05, 0.1) is 19.4 Å². The first kappa shape index (κ1) is 12.4. The van der Waals surface area contributed by atoms with Crippen molar-refractivity contribution in [2.75, 3.05) is 6.61 Å². The molecule has 0 radical (unpaired) electrons. The van der Waals surface area contributed by atoms with E-state index >= 15 is 0 Å². The fourth-order valence-electron chi connectivity index (χ4n) is 1.56. The van der Waals surface area contributed by atoms with Crippen molar-refractivity contribution in [2.45, 2.75) is 13.5 Å². The molecule has 0 aliphatic rings. The third-order valence-electron chi connectivity index (χ3n) is 2.41. The number of hydrogen-bond donors (Lipinski definition) is 1. The molecule has 0 bridgehead atoms. The standard InChI is InChI=1S/C14H15NO3/c1-2-17-12-5-3-4-6-13(12)18-14-9-15-8-7-11(14)10-16/h3-9,16H,2,10H2,1H3. The molecule has 0 unspecified atom stereocenters. The van der Waals surface area contributed by atoms with Crippen LogP contribution in [-0.2, 0) is 6.61 Å². The Kier molecular flexibility index (Phi) is 4.15. The molecule has 0 atom stereocenters. The number of aliphatic hydroxyl groups excluding tert-OH is 1. The second-order valence-electron chi connectivity index (χ2n) is 3.62. The summed E-state index contributed by atoms with van der Waals surface area (Å²) in [7, 11) is 0. The van der Waals surface area contributed by atoms with Gasteiger partial charge in [0, 0.05) is 11.8 Å². The van der Waals surface area contributed by atoms with Crippen LogP contribution >= 0.6 is 0 Å². The monoisotopic (exact) mass is 245 g/mol. The molecular weight excluding hydrogens is 230 g/mol. The molecule has 0 saturated heterocycles. The summed E-state index contributed by atoms with van der Waals surface area (Å²) in [6.07, 6.45) is 3.20. The van der Waals surface area contributed by atoms with E-state index in [1.807, 2.05) is 31.2 Å². The quantitative estimate of drug-likeness (QED) is 0.880.